The zero-order valence-corrected chi connectivity index (χ0v) is 19.0. The fraction of sp³-hybridized carbons (Fsp3) is 0.174. The molecule has 0 saturated carbocycles. The van der Waals surface area contributed by atoms with Gasteiger partial charge in [-0.2, -0.15) is 4.72 Å². The molecule has 1 amide bonds. The van der Waals surface area contributed by atoms with E-state index in [9.17, 15) is 17.6 Å². The Bertz CT molecular complexity index is 1220. The van der Waals surface area contributed by atoms with Crippen LogP contribution in [-0.2, 0) is 21.2 Å². The van der Waals surface area contributed by atoms with Crippen LogP contribution < -0.4 is 14.8 Å². The third kappa shape index (κ3) is 5.85. The van der Waals surface area contributed by atoms with Crippen molar-refractivity contribution in [1.29, 1.82) is 0 Å². The number of carbonyl (C=O) groups is 1. The number of carbonyl (C=O) groups excluding carboxylic acids is 1. The average Bonchev–Trinajstić information content (AvgIpc) is 2.76. The molecule has 0 radical (unpaired) electrons. The van der Waals surface area contributed by atoms with E-state index in [-0.39, 0.29) is 22.0 Å². The minimum Gasteiger partial charge on any atom is -0.496 e. The van der Waals surface area contributed by atoms with Crippen molar-refractivity contribution >= 4 is 33.2 Å². The fourth-order valence-electron chi connectivity index (χ4n) is 3.11. The van der Waals surface area contributed by atoms with Gasteiger partial charge < -0.3 is 10.1 Å². The maximum absolute atomic E-state index is 13.4. The summed E-state index contributed by atoms with van der Waals surface area (Å²) in [7, 11) is -2.53. The van der Waals surface area contributed by atoms with Crippen LogP contribution in [0.15, 0.2) is 71.6 Å². The van der Waals surface area contributed by atoms with Crippen molar-refractivity contribution in [2.45, 2.75) is 24.3 Å². The van der Waals surface area contributed by atoms with Gasteiger partial charge in [0.15, 0.2) is 0 Å². The molecule has 0 unspecified atom stereocenters. The highest BCUT2D eigenvalue weighted by Gasteiger charge is 2.27. The van der Waals surface area contributed by atoms with E-state index < -0.39 is 27.8 Å². The van der Waals surface area contributed by atoms with E-state index >= 15 is 0 Å². The largest absolute Gasteiger partial charge is 0.496 e. The van der Waals surface area contributed by atoms with Crippen LogP contribution in [-0.4, -0.2) is 27.5 Å². The predicted molar refractivity (Wildman–Crippen MR) is 122 cm³/mol. The molecular weight excluding hydrogens is 455 g/mol. The number of amides is 1. The Morgan fingerprint density at radius 2 is 1.81 bits per heavy atom. The Hall–Kier alpha value is -2.94. The molecule has 0 aromatic heterocycles. The van der Waals surface area contributed by atoms with E-state index in [4.69, 9.17) is 16.3 Å². The molecule has 32 heavy (non-hydrogen) atoms. The number of aryl methyl sites for hydroxylation is 1. The molecule has 0 aliphatic heterocycles. The van der Waals surface area contributed by atoms with Gasteiger partial charge in [-0.15, -0.1) is 0 Å². The zero-order chi connectivity index (χ0) is 23.3. The Balaban J connectivity index is 1.88. The normalized spacial score (nSPS) is 12.2. The number of hydrogen-bond acceptors (Lipinski definition) is 4. The van der Waals surface area contributed by atoms with E-state index in [1.807, 2.05) is 6.07 Å². The van der Waals surface area contributed by atoms with Gasteiger partial charge in [0.2, 0.25) is 15.9 Å². The van der Waals surface area contributed by atoms with Crippen LogP contribution in [0, 0.1) is 12.7 Å². The molecule has 0 aliphatic rings. The average molecular weight is 477 g/mol. The number of methoxy groups -OCH3 is 1. The number of ether oxygens (including phenoxy) is 1. The maximum Gasteiger partial charge on any atom is 0.242 e. The maximum atomic E-state index is 13.4. The van der Waals surface area contributed by atoms with Gasteiger partial charge in [-0.1, -0.05) is 41.9 Å². The zero-order valence-electron chi connectivity index (χ0n) is 17.4. The van der Waals surface area contributed by atoms with Gasteiger partial charge in [0.25, 0.3) is 0 Å². The molecule has 0 fully saturated rings. The first-order chi connectivity index (χ1) is 15.2. The van der Waals surface area contributed by atoms with Gasteiger partial charge in [-0.3, -0.25) is 4.79 Å². The fourth-order valence-corrected chi connectivity index (χ4v) is 4.58. The SMILES string of the molecule is COc1ccc(S(=O)(=O)N[C@H](Cc2ccccc2)C(=O)Nc2ccc(F)c(Cl)c2)cc1C. The molecule has 3 rings (SSSR count). The predicted octanol–water partition coefficient (Wildman–Crippen LogP) is 4.32. The molecule has 3 aromatic carbocycles. The minimum absolute atomic E-state index is 0.00601. The third-order valence-corrected chi connectivity index (χ3v) is 6.52. The molecule has 0 aliphatic carbocycles. The number of hydrogen-bond donors (Lipinski definition) is 2. The lowest BCUT2D eigenvalue weighted by Gasteiger charge is -2.19. The van der Waals surface area contributed by atoms with Crippen molar-refractivity contribution in [2.75, 3.05) is 12.4 Å². The Kier molecular flexibility index (Phi) is 7.50. The van der Waals surface area contributed by atoms with Crippen molar-refractivity contribution in [3.05, 3.63) is 88.7 Å². The van der Waals surface area contributed by atoms with Gasteiger partial charge in [-0.25, -0.2) is 12.8 Å². The number of anilines is 1. The van der Waals surface area contributed by atoms with Crippen LogP contribution >= 0.6 is 11.6 Å². The lowest BCUT2D eigenvalue weighted by molar-refractivity contribution is -0.117. The lowest BCUT2D eigenvalue weighted by atomic mass is 10.1. The van der Waals surface area contributed by atoms with Crippen molar-refractivity contribution in [1.82, 2.24) is 4.72 Å². The van der Waals surface area contributed by atoms with Crippen molar-refractivity contribution in [2.24, 2.45) is 0 Å². The van der Waals surface area contributed by atoms with E-state index in [2.05, 4.69) is 10.0 Å². The number of halogens is 2. The molecular formula is C23H22ClFN2O4S. The van der Waals surface area contributed by atoms with Crippen LogP contribution in [0.5, 0.6) is 5.75 Å². The quantitative estimate of drug-likeness (QED) is 0.507. The summed E-state index contributed by atoms with van der Waals surface area (Å²) in [5.74, 6) is -0.679. The van der Waals surface area contributed by atoms with E-state index in [1.165, 1.54) is 31.4 Å². The molecule has 3 aromatic rings. The third-order valence-electron chi connectivity index (χ3n) is 4.76. The lowest BCUT2D eigenvalue weighted by Crippen LogP contribution is -2.45. The monoisotopic (exact) mass is 476 g/mol. The highest BCUT2D eigenvalue weighted by atomic mass is 35.5. The Labute approximate surface area is 191 Å². The van der Waals surface area contributed by atoms with Crippen molar-refractivity contribution in [3.8, 4) is 5.75 Å². The molecule has 0 bridgehead atoms. The van der Waals surface area contributed by atoms with Crippen molar-refractivity contribution < 1.29 is 22.3 Å². The van der Waals surface area contributed by atoms with Crippen LogP contribution in [0.1, 0.15) is 11.1 Å². The highest BCUT2D eigenvalue weighted by Crippen LogP contribution is 2.23. The van der Waals surface area contributed by atoms with E-state index in [0.717, 1.165) is 11.6 Å². The smallest absolute Gasteiger partial charge is 0.242 e. The molecule has 0 spiro atoms. The molecule has 2 N–H and O–H groups in total. The number of benzene rings is 3. The summed E-state index contributed by atoms with van der Waals surface area (Å²) in [6, 6.07) is 16.0. The highest BCUT2D eigenvalue weighted by molar-refractivity contribution is 7.89. The molecule has 6 nitrogen and oxygen atoms in total. The molecule has 168 valence electrons. The van der Waals surface area contributed by atoms with Gasteiger partial charge in [0.05, 0.1) is 17.0 Å². The summed E-state index contributed by atoms with van der Waals surface area (Å²) in [6.07, 6.45) is 0.107. The van der Waals surface area contributed by atoms with Crippen molar-refractivity contribution in [3.63, 3.8) is 0 Å². The summed E-state index contributed by atoms with van der Waals surface area (Å²) in [4.78, 5) is 13.0. The summed E-state index contributed by atoms with van der Waals surface area (Å²) in [5, 5.41) is 2.44. The second-order valence-electron chi connectivity index (χ2n) is 7.11. The summed E-state index contributed by atoms with van der Waals surface area (Å²) < 4.78 is 47.2. The Morgan fingerprint density at radius 3 is 2.44 bits per heavy atom. The second-order valence-corrected chi connectivity index (χ2v) is 9.23. The van der Waals surface area contributed by atoms with Gasteiger partial charge in [-0.05, 0) is 60.9 Å². The summed E-state index contributed by atoms with van der Waals surface area (Å²) in [5.41, 5.74) is 1.65. The van der Waals surface area contributed by atoms with E-state index in [1.54, 1.807) is 37.3 Å². The van der Waals surface area contributed by atoms with Gasteiger partial charge in [0, 0.05) is 5.69 Å². The standard InChI is InChI=1S/C23H22ClFN2O4S/c1-15-12-18(9-11-22(15)31-2)32(29,30)27-21(13-16-6-4-3-5-7-16)23(28)26-17-8-10-20(25)19(24)14-17/h3-12,14,21,27H,13H2,1-2H3,(H,26,28)/t21-/m1/s1. The van der Waals surface area contributed by atoms with Gasteiger partial charge >= 0.3 is 0 Å². The Morgan fingerprint density at radius 1 is 1.09 bits per heavy atom. The molecule has 9 heteroatoms. The van der Waals surface area contributed by atoms with Crippen LogP contribution in [0.4, 0.5) is 10.1 Å². The minimum atomic E-state index is -4.03. The second kappa shape index (κ2) is 10.1. The van der Waals surface area contributed by atoms with Crippen LogP contribution in [0.3, 0.4) is 0 Å². The molecule has 1 atom stereocenters. The van der Waals surface area contributed by atoms with Crippen LogP contribution in [0.2, 0.25) is 5.02 Å². The molecule has 0 heterocycles. The number of rotatable bonds is 8. The van der Waals surface area contributed by atoms with Crippen LogP contribution in [0.25, 0.3) is 0 Å². The number of nitrogens with one attached hydrogen (secondary N) is 2. The number of sulfonamides is 1. The van der Waals surface area contributed by atoms with Gasteiger partial charge in [0.1, 0.15) is 17.6 Å². The molecule has 0 saturated heterocycles. The van der Waals surface area contributed by atoms with E-state index in [0.29, 0.717) is 11.3 Å². The first kappa shape index (κ1) is 23.7. The first-order valence-electron chi connectivity index (χ1n) is 9.66. The summed E-state index contributed by atoms with van der Waals surface area (Å²) >= 11 is 5.78. The first-order valence-corrected chi connectivity index (χ1v) is 11.5. The topological polar surface area (TPSA) is 84.5 Å². The summed E-state index contributed by atoms with van der Waals surface area (Å²) in [6.45, 7) is 1.73.